The second-order valence-corrected chi connectivity index (χ2v) is 5.66. The molecule has 1 atom stereocenters. The van der Waals surface area contributed by atoms with Crippen molar-refractivity contribution >= 4 is 40.2 Å². The van der Waals surface area contributed by atoms with Gasteiger partial charge in [-0.3, -0.25) is 4.98 Å². The van der Waals surface area contributed by atoms with Gasteiger partial charge >= 0.3 is 12.0 Å². The van der Waals surface area contributed by atoms with E-state index >= 15 is 0 Å². The van der Waals surface area contributed by atoms with E-state index in [2.05, 4.69) is 10.3 Å². The minimum atomic E-state index is -0.977. The van der Waals surface area contributed by atoms with Gasteiger partial charge < -0.3 is 15.3 Å². The van der Waals surface area contributed by atoms with E-state index in [4.69, 9.17) is 5.11 Å². The predicted molar refractivity (Wildman–Crippen MR) is 81.3 cm³/mol. The zero-order valence-corrected chi connectivity index (χ0v) is 11.8. The Morgan fingerprint density at radius 3 is 3.05 bits per heavy atom. The van der Waals surface area contributed by atoms with E-state index in [0.29, 0.717) is 17.3 Å². The summed E-state index contributed by atoms with van der Waals surface area (Å²) in [7, 11) is 0. The number of rotatable bonds is 2. The Labute approximate surface area is 125 Å². The third-order valence-corrected chi connectivity index (χ3v) is 4.37. The number of carbonyl (C=O) groups excluding carboxylic acids is 1. The molecule has 1 saturated heterocycles. The molecule has 2 aromatic rings. The maximum absolute atomic E-state index is 12.3. The molecule has 1 fully saturated rings. The molecule has 108 valence electrons. The molecule has 1 aromatic heterocycles. The van der Waals surface area contributed by atoms with Crippen LogP contribution in [0.1, 0.15) is 0 Å². The van der Waals surface area contributed by atoms with E-state index in [1.165, 1.54) is 16.7 Å². The molecule has 0 spiro atoms. The summed E-state index contributed by atoms with van der Waals surface area (Å²) >= 11 is 1.43. The normalized spacial score (nSPS) is 17.9. The smallest absolute Gasteiger partial charge is 0.327 e. The van der Waals surface area contributed by atoms with Gasteiger partial charge in [-0.2, -0.15) is 0 Å². The van der Waals surface area contributed by atoms with Gasteiger partial charge in [0.25, 0.3) is 0 Å². The summed E-state index contributed by atoms with van der Waals surface area (Å²) in [6, 6.07) is 6.23. The van der Waals surface area contributed by atoms with Gasteiger partial charge in [0.1, 0.15) is 6.04 Å². The molecule has 0 unspecified atom stereocenters. The number of carbonyl (C=O) groups is 2. The first-order valence-electron chi connectivity index (χ1n) is 6.38. The number of hydrogen-bond acceptors (Lipinski definition) is 4. The number of fused-ring (bicyclic) bond motifs is 1. The third kappa shape index (κ3) is 2.64. The van der Waals surface area contributed by atoms with Gasteiger partial charge in [0, 0.05) is 23.5 Å². The third-order valence-electron chi connectivity index (χ3n) is 3.35. The summed E-state index contributed by atoms with van der Waals surface area (Å²) < 4.78 is 0. The number of thioether (sulfide) groups is 1. The molecule has 0 bridgehead atoms. The van der Waals surface area contributed by atoms with Gasteiger partial charge in [-0.1, -0.05) is 12.1 Å². The maximum atomic E-state index is 12.3. The molecule has 1 aliphatic heterocycles. The summed E-state index contributed by atoms with van der Waals surface area (Å²) in [4.78, 5) is 28.8. The molecule has 1 aromatic carbocycles. The lowest BCUT2D eigenvalue weighted by molar-refractivity contribution is -0.140. The number of anilines is 1. The molecule has 1 aliphatic rings. The van der Waals surface area contributed by atoms with E-state index in [9.17, 15) is 9.59 Å². The van der Waals surface area contributed by atoms with Crippen molar-refractivity contribution < 1.29 is 14.7 Å². The largest absolute Gasteiger partial charge is 0.480 e. The Balaban J connectivity index is 1.85. The zero-order valence-electron chi connectivity index (χ0n) is 11.0. The fourth-order valence-electron chi connectivity index (χ4n) is 2.26. The van der Waals surface area contributed by atoms with E-state index in [0.717, 1.165) is 10.8 Å². The first-order valence-corrected chi connectivity index (χ1v) is 7.53. The number of urea groups is 1. The lowest BCUT2D eigenvalue weighted by Gasteiger charge is -2.21. The van der Waals surface area contributed by atoms with Crippen LogP contribution in [0.3, 0.4) is 0 Å². The fourth-order valence-corrected chi connectivity index (χ4v) is 3.40. The number of carboxylic acid groups (broad SMARTS) is 1. The molecule has 3 rings (SSSR count). The van der Waals surface area contributed by atoms with Crippen molar-refractivity contribution in [3.8, 4) is 0 Å². The van der Waals surface area contributed by atoms with Crippen molar-refractivity contribution in [1.29, 1.82) is 0 Å². The van der Waals surface area contributed by atoms with Gasteiger partial charge in [0.05, 0.1) is 11.6 Å². The van der Waals surface area contributed by atoms with Gasteiger partial charge in [0.15, 0.2) is 0 Å². The topological polar surface area (TPSA) is 82.5 Å². The molecular formula is C14H13N3O3S. The number of pyridine rings is 1. The van der Waals surface area contributed by atoms with Crippen LogP contribution in [0.5, 0.6) is 0 Å². The number of aromatic nitrogens is 1. The molecule has 7 heteroatoms. The number of aliphatic carboxylic acids is 1. The van der Waals surface area contributed by atoms with E-state index in [1.807, 2.05) is 18.2 Å². The minimum absolute atomic E-state index is 0.381. The van der Waals surface area contributed by atoms with Crippen LogP contribution in [0.4, 0.5) is 10.5 Å². The van der Waals surface area contributed by atoms with Crippen LogP contribution in [-0.2, 0) is 4.79 Å². The van der Waals surface area contributed by atoms with E-state index in [1.54, 1.807) is 18.5 Å². The lowest BCUT2D eigenvalue weighted by atomic mass is 10.1. The van der Waals surface area contributed by atoms with Gasteiger partial charge in [0.2, 0.25) is 0 Å². The summed E-state index contributed by atoms with van der Waals surface area (Å²) in [5, 5.41) is 13.7. The minimum Gasteiger partial charge on any atom is -0.480 e. The Bertz CT molecular complexity index is 701. The number of amides is 2. The van der Waals surface area contributed by atoms with E-state index < -0.39 is 18.0 Å². The number of carboxylic acids is 1. The lowest BCUT2D eigenvalue weighted by Crippen LogP contribution is -2.43. The molecule has 2 N–H and O–H groups in total. The number of nitrogens with one attached hydrogen (secondary N) is 1. The highest BCUT2D eigenvalue weighted by Crippen LogP contribution is 2.25. The Morgan fingerprint density at radius 2 is 2.24 bits per heavy atom. The predicted octanol–water partition coefficient (Wildman–Crippen LogP) is 2.23. The van der Waals surface area contributed by atoms with Crippen LogP contribution in [0.25, 0.3) is 10.8 Å². The van der Waals surface area contributed by atoms with Crippen molar-refractivity contribution in [2.24, 2.45) is 0 Å². The molecule has 0 saturated carbocycles. The van der Waals surface area contributed by atoms with Crippen molar-refractivity contribution in [3.05, 3.63) is 36.7 Å². The maximum Gasteiger partial charge on any atom is 0.327 e. The van der Waals surface area contributed by atoms with Crippen LogP contribution in [-0.4, -0.2) is 44.7 Å². The number of benzene rings is 1. The first kappa shape index (κ1) is 13.7. The number of hydrogen-bond donors (Lipinski definition) is 2. The summed E-state index contributed by atoms with van der Waals surface area (Å²) in [6.07, 6.45) is 3.36. The molecule has 0 aliphatic carbocycles. The highest BCUT2D eigenvalue weighted by atomic mass is 32.2. The Morgan fingerprint density at radius 1 is 1.38 bits per heavy atom. The quantitative estimate of drug-likeness (QED) is 0.889. The average molecular weight is 303 g/mol. The molecule has 2 heterocycles. The van der Waals surface area contributed by atoms with Gasteiger partial charge in [-0.25, -0.2) is 9.59 Å². The SMILES string of the molecule is O=C(O)[C@@H]1CSCN1C(=O)Nc1cccc2ccncc12. The first-order chi connectivity index (χ1) is 10.2. The van der Waals surface area contributed by atoms with Crippen LogP contribution in [0.2, 0.25) is 0 Å². The average Bonchev–Trinajstić information content (AvgIpc) is 2.97. The Kier molecular flexibility index (Phi) is 3.66. The molecule has 21 heavy (non-hydrogen) atoms. The van der Waals surface area contributed by atoms with Crippen molar-refractivity contribution in [3.63, 3.8) is 0 Å². The highest BCUT2D eigenvalue weighted by Gasteiger charge is 2.34. The van der Waals surface area contributed by atoms with Gasteiger partial charge in [-0.15, -0.1) is 11.8 Å². The zero-order chi connectivity index (χ0) is 14.8. The van der Waals surface area contributed by atoms with E-state index in [-0.39, 0.29) is 0 Å². The van der Waals surface area contributed by atoms with Crippen molar-refractivity contribution in [1.82, 2.24) is 9.88 Å². The summed E-state index contributed by atoms with van der Waals surface area (Å²) in [5.74, 6) is -0.180. The highest BCUT2D eigenvalue weighted by molar-refractivity contribution is 7.99. The Hall–Kier alpha value is -2.28. The second-order valence-electron chi connectivity index (χ2n) is 4.66. The molecular weight excluding hydrogens is 290 g/mol. The van der Waals surface area contributed by atoms with Gasteiger partial charge in [-0.05, 0) is 17.5 Å². The summed E-state index contributed by atoms with van der Waals surface area (Å²) in [6.45, 7) is 0. The monoisotopic (exact) mass is 303 g/mol. The second kappa shape index (κ2) is 5.61. The summed E-state index contributed by atoms with van der Waals surface area (Å²) in [5.41, 5.74) is 0.631. The standard InChI is InChI=1S/C14H13N3O3S/c18-13(19)12-7-21-8-17(12)14(20)16-11-3-1-2-9-4-5-15-6-10(9)11/h1-6,12H,7-8H2,(H,16,20)(H,18,19)/t12-/m0/s1. The molecule has 2 amide bonds. The molecule has 0 radical (unpaired) electrons. The van der Waals surface area contributed by atoms with Crippen LogP contribution >= 0.6 is 11.8 Å². The molecule has 6 nitrogen and oxygen atoms in total. The van der Waals surface area contributed by atoms with Crippen LogP contribution in [0, 0.1) is 0 Å². The van der Waals surface area contributed by atoms with Crippen molar-refractivity contribution in [2.75, 3.05) is 16.9 Å². The van der Waals surface area contributed by atoms with Crippen LogP contribution in [0.15, 0.2) is 36.7 Å². The van der Waals surface area contributed by atoms with Crippen molar-refractivity contribution in [2.45, 2.75) is 6.04 Å². The number of nitrogens with zero attached hydrogens (tertiary/aromatic N) is 2. The van der Waals surface area contributed by atoms with Crippen LogP contribution < -0.4 is 5.32 Å². The fraction of sp³-hybridized carbons (Fsp3) is 0.214.